The quantitative estimate of drug-likeness (QED) is 0.777. The lowest BCUT2D eigenvalue weighted by atomic mass is 10.2. The predicted octanol–water partition coefficient (Wildman–Crippen LogP) is -0.204. The molecule has 0 bridgehead atoms. The minimum absolute atomic E-state index is 0.0671. The summed E-state index contributed by atoms with van der Waals surface area (Å²) in [4.78, 5) is 28.5. The van der Waals surface area contributed by atoms with E-state index in [4.69, 9.17) is 17.3 Å². The molecule has 1 aliphatic rings. The molecule has 96 valence electrons. The number of nitrogens with zero attached hydrogens (tertiary/aromatic N) is 2. The summed E-state index contributed by atoms with van der Waals surface area (Å²) in [7, 11) is 0. The van der Waals surface area contributed by atoms with E-state index >= 15 is 0 Å². The number of hydrogen-bond donors (Lipinski definition) is 2. The summed E-state index contributed by atoms with van der Waals surface area (Å²) in [5, 5.41) is 9.78. The summed E-state index contributed by atoms with van der Waals surface area (Å²) in [6, 6.07) is 0.685. The number of nitrogens with two attached hydrogens (primary N) is 1. The maximum atomic E-state index is 12.2. The first kappa shape index (κ1) is 12.8. The van der Waals surface area contributed by atoms with E-state index in [9.17, 15) is 14.7 Å². The van der Waals surface area contributed by atoms with Gasteiger partial charge in [0.15, 0.2) is 0 Å². The molecule has 0 aliphatic carbocycles. The first-order valence-corrected chi connectivity index (χ1v) is 5.76. The third kappa shape index (κ3) is 2.30. The van der Waals surface area contributed by atoms with Crippen molar-refractivity contribution in [2.45, 2.75) is 18.6 Å². The Morgan fingerprint density at radius 3 is 2.89 bits per heavy atom. The second kappa shape index (κ2) is 4.91. The van der Waals surface area contributed by atoms with Gasteiger partial charge in [-0.1, -0.05) is 11.6 Å². The van der Waals surface area contributed by atoms with Crippen LogP contribution in [0.1, 0.15) is 16.8 Å². The largest absolute Gasteiger partial charge is 0.391 e. The fraction of sp³-hybridized carbons (Fsp3) is 0.364. The molecule has 2 atom stereocenters. The summed E-state index contributed by atoms with van der Waals surface area (Å²) >= 11 is 5.90. The van der Waals surface area contributed by atoms with Crippen molar-refractivity contribution >= 4 is 23.4 Å². The Balaban J connectivity index is 2.28. The van der Waals surface area contributed by atoms with Crippen molar-refractivity contribution in [3.05, 3.63) is 29.0 Å². The van der Waals surface area contributed by atoms with E-state index in [1.54, 1.807) is 0 Å². The molecule has 3 N–H and O–H groups in total. The van der Waals surface area contributed by atoms with Gasteiger partial charge in [-0.3, -0.25) is 14.6 Å². The van der Waals surface area contributed by atoms with Gasteiger partial charge in [0.05, 0.1) is 16.7 Å². The van der Waals surface area contributed by atoms with Gasteiger partial charge in [-0.2, -0.15) is 0 Å². The third-order valence-corrected chi connectivity index (χ3v) is 3.20. The fourth-order valence-corrected chi connectivity index (χ4v) is 2.18. The zero-order chi connectivity index (χ0) is 13.3. The maximum Gasteiger partial charge on any atom is 0.257 e. The van der Waals surface area contributed by atoms with E-state index in [0.717, 1.165) is 0 Å². The number of hydrogen-bond acceptors (Lipinski definition) is 4. The molecule has 2 heterocycles. The molecule has 6 nitrogen and oxygen atoms in total. The molecule has 0 aromatic carbocycles. The Labute approximate surface area is 108 Å². The standard InChI is InChI=1S/C11H12ClN3O3/c12-8-1-2-14-4-7(8)11(18)15-5-6(16)3-9(15)10(13)17/h1-2,4,6,9,16H,3,5H2,(H2,13,17). The molecule has 0 saturated carbocycles. The topological polar surface area (TPSA) is 96.5 Å². The number of aliphatic hydroxyl groups is 1. The summed E-state index contributed by atoms with van der Waals surface area (Å²) in [6.07, 6.45) is 2.19. The summed E-state index contributed by atoms with van der Waals surface area (Å²) in [5.41, 5.74) is 5.41. The lowest BCUT2D eigenvalue weighted by Gasteiger charge is -2.22. The average molecular weight is 270 g/mol. The summed E-state index contributed by atoms with van der Waals surface area (Å²) in [5.74, 6) is -1.09. The number of carbonyl (C=O) groups excluding carboxylic acids is 2. The molecule has 1 saturated heterocycles. The van der Waals surface area contributed by atoms with E-state index in [-0.39, 0.29) is 23.6 Å². The molecule has 2 unspecified atom stereocenters. The molecule has 0 spiro atoms. The number of β-amino-alcohol motifs (C(OH)–C–C–N with tert-alkyl or cyclic N) is 1. The van der Waals surface area contributed by atoms with Crippen molar-refractivity contribution in [3.8, 4) is 0 Å². The molecular formula is C11H12ClN3O3. The highest BCUT2D eigenvalue weighted by atomic mass is 35.5. The lowest BCUT2D eigenvalue weighted by molar-refractivity contribution is -0.121. The van der Waals surface area contributed by atoms with Crippen LogP contribution >= 0.6 is 11.6 Å². The summed E-state index contributed by atoms with van der Waals surface area (Å²) < 4.78 is 0. The number of amides is 2. The first-order valence-electron chi connectivity index (χ1n) is 5.38. The minimum Gasteiger partial charge on any atom is -0.391 e. The molecule has 7 heteroatoms. The van der Waals surface area contributed by atoms with Crippen molar-refractivity contribution < 1.29 is 14.7 Å². The summed E-state index contributed by atoms with van der Waals surface area (Å²) in [6.45, 7) is 0.0671. The van der Waals surface area contributed by atoms with Crippen LogP contribution in [0.15, 0.2) is 18.5 Å². The van der Waals surface area contributed by atoms with Crippen LogP contribution in [0, 0.1) is 0 Å². The normalized spacial score (nSPS) is 23.1. The van der Waals surface area contributed by atoms with Crippen LogP contribution in [-0.4, -0.2) is 45.5 Å². The van der Waals surface area contributed by atoms with Crippen LogP contribution in [0.5, 0.6) is 0 Å². The van der Waals surface area contributed by atoms with Crippen LogP contribution in [0.4, 0.5) is 0 Å². The lowest BCUT2D eigenvalue weighted by Crippen LogP contribution is -2.43. The van der Waals surface area contributed by atoms with Crippen molar-refractivity contribution in [2.24, 2.45) is 5.73 Å². The van der Waals surface area contributed by atoms with Crippen LogP contribution in [0.3, 0.4) is 0 Å². The van der Waals surface area contributed by atoms with Crippen LogP contribution in [-0.2, 0) is 4.79 Å². The molecule has 0 radical (unpaired) electrons. The van der Waals surface area contributed by atoms with Gasteiger partial charge in [0.25, 0.3) is 5.91 Å². The highest BCUT2D eigenvalue weighted by molar-refractivity contribution is 6.33. The number of aromatic nitrogens is 1. The number of likely N-dealkylation sites (tertiary alicyclic amines) is 1. The van der Waals surface area contributed by atoms with Gasteiger partial charge in [0.1, 0.15) is 6.04 Å². The smallest absolute Gasteiger partial charge is 0.257 e. The number of aliphatic hydroxyl groups excluding tert-OH is 1. The van der Waals surface area contributed by atoms with Gasteiger partial charge >= 0.3 is 0 Å². The SMILES string of the molecule is NC(=O)C1CC(O)CN1C(=O)c1cnccc1Cl. The highest BCUT2D eigenvalue weighted by Crippen LogP contribution is 2.23. The number of halogens is 1. The molecule has 2 rings (SSSR count). The van der Waals surface area contributed by atoms with Crippen molar-refractivity contribution in [2.75, 3.05) is 6.54 Å². The predicted molar refractivity (Wildman–Crippen MR) is 63.9 cm³/mol. The van der Waals surface area contributed by atoms with Gasteiger partial charge < -0.3 is 15.7 Å². The van der Waals surface area contributed by atoms with Crippen molar-refractivity contribution in [1.29, 1.82) is 0 Å². The van der Waals surface area contributed by atoms with E-state index in [1.165, 1.54) is 23.4 Å². The van der Waals surface area contributed by atoms with E-state index in [2.05, 4.69) is 4.98 Å². The first-order chi connectivity index (χ1) is 8.50. The highest BCUT2D eigenvalue weighted by Gasteiger charge is 2.38. The van der Waals surface area contributed by atoms with E-state index in [1.807, 2.05) is 0 Å². The molecule has 1 aliphatic heterocycles. The Morgan fingerprint density at radius 1 is 1.56 bits per heavy atom. The maximum absolute atomic E-state index is 12.2. The molecule has 1 aromatic rings. The van der Waals surface area contributed by atoms with Crippen molar-refractivity contribution in [1.82, 2.24) is 9.88 Å². The van der Waals surface area contributed by atoms with Crippen molar-refractivity contribution in [3.63, 3.8) is 0 Å². The number of pyridine rings is 1. The van der Waals surface area contributed by atoms with Gasteiger partial charge in [0, 0.05) is 25.4 Å². The number of primary amides is 1. The third-order valence-electron chi connectivity index (χ3n) is 2.87. The van der Waals surface area contributed by atoms with Crippen LogP contribution in [0.2, 0.25) is 5.02 Å². The minimum atomic E-state index is -0.802. The van der Waals surface area contributed by atoms with Gasteiger partial charge in [0.2, 0.25) is 5.91 Å². The molecule has 18 heavy (non-hydrogen) atoms. The second-order valence-corrected chi connectivity index (χ2v) is 4.53. The zero-order valence-electron chi connectivity index (χ0n) is 9.41. The van der Waals surface area contributed by atoms with Crippen LogP contribution < -0.4 is 5.73 Å². The van der Waals surface area contributed by atoms with Gasteiger partial charge in [-0.15, -0.1) is 0 Å². The molecular weight excluding hydrogens is 258 g/mol. The average Bonchev–Trinajstić information content (AvgIpc) is 2.71. The molecule has 1 aromatic heterocycles. The Morgan fingerprint density at radius 2 is 2.28 bits per heavy atom. The monoisotopic (exact) mass is 269 g/mol. The number of carbonyl (C=O) groups is 2. The molecule has 2 amide bonds. The fourth-order valence-electron chi connectivity index (χ4n) is 2.00. The Kier molecular flexibility index (Phi) is 3.49. The zero-order valence-corrected chi connectivity index (χ0v) is 10.2. The Hall–Kier alpha value is -1.66. The van der Waals surface area contributed by atoms with Gasteiger partial charge in [-0.05, 0) is 6.07 Å². The number of rotatable bonds is 2. The second-order valence-electron chi connectivity index (χ2n) is 4.12. The molecule has 1 fully saturated rings. The Bertz CT molecular complexity index is 494. The van der Waals surface area contributed by atoms with Crippen LogP contribution in [0.25, 0.3) is 0 Å². The van der Waals surface area contributed by atoms with Gasteiger partial charge in [-0.25, -0.2) is 0 Å². The van der Waals surface area contributed by atoms with E-state index in [0.29, 0.717) is 0 Å². The van der Waals surface area contributed by atoms with E-state index < -0.39 is 24.0 Å².